The number of esters is 2. The number of rotatable bonds is 57. The Morgan fingerprint density at radius 1 is 0.423 bits per heavy atom. The third kappa shape index (κ3) is 55.4. The second-order valence-corrected chi connectivity index (χ2v) is 22.0. The van der Waals surface area contributed by atoms with E-state index in [9.17, 15) is 19.5 Å². The maximum absolute atomic E-state index is 12.9. The Labute approximate surface area is 439 Å². The number of aliphatic carboxylic acids is 1. The van der Waals surface area contributed by atoms with E-state index in [4.69, 9.17) is 18.9 Å². The van der Waals surface area contributed by atoms with Crippen LogP contribution in [0.15, 0.2) is 24.3 Å². The SMILES string of the molecule is CCCCCCC/C=C\C/C=C\CCCCCCCCCCCCCCCCCCCCCCCCCC(=O)OC(COC(=O)CCCCCCCCCCCCC)COC(OCC[N+](C)(C)C)C(=O)O. The Balaban J connectivity index is 3.95. The zero-order chi connectivity index (χ0) is 52.0. The van der Waals surface area contributed by atoms with Gasteiger partial charge in [-0.25, -0.2) is 4.79 Å². The fourth-order valence-corrected chi connectivity index (χ4v) is 8.99. The van der Waals surface area contributed by atoms with Gasteiger partial charge in [-0.15, -0.1) is 0 Å². The number of quaternary nitrogens is 1. The predicted molar refractivity (Wildman–Crippen MR) is 300 cm³/mol. The van der Waals surface area contributed by atoms with E-state index in [1.54, 1.807) is 0 Å². The zero-order valence-corrected chi connectivity index (χ0v) is 47.7. The highest BCUT2D eigenvalue weighted by molar-refractivity contribution is 5.71. The van der Waals surface area contributed by atoms with Crippen molar-refractivity contribution in [3.05, 3.63) is 24.3 Å². The largest absolute Gasteiger partial charge is 0.477 e. The van der Waals surface area contributed by atoms with Gasteiger partial charge < -0.3 is 28.5 Å². The van der Waals surface area contributed by atoms with Crippen molar-refractivity contribution < 1.29 is 42.9 Å². The quantitative estimate of drug-likeness (QED) is 0.0211. The number of carboxylic acid groups (broad SMARTS) is 1. The summed E-state index contributed by atoms with van der Waals surface area (Å²) in [6, 6.07) is 0. The molecule has 0 aliphatic carbocycles. The first-order valence-electron chi connectivity index (χ1n) is 30.5. The van der Waals surface area contributed by atoms with Crippen molar-refractivity contribution in [1.29, 1.82) is 0 Å². The molecule has 2 atom stereocenters. The second-order valence-electron chi connectivity index (χ2n) is 22.0. The standard InChI is InChI=1S/C62H117NO8/c1-6-8-10-12-14-16-18-19-20-21-22-23-24-25-26-27-28-29-30-31-32-33-34-35-36-37-38-39-40-41-43-45-47-49-51-53-60(65)71-58(57-70-62(61(66)67)68-55-54-63(3,4)5)56-69-59(64)52-50-48-46-44-42-17-15-13-11-9-7-2/h18-19,21-22,58,62H,6-17,20,23-57H2,1-5H3/p+1/b19-18-,22-21-. The molecule has 0 amide bonds. The molecule has 2 unspecified atom stereocenters. The lowest BCUT2D eigenvalue weighted by Crippen LogP contribution is -2.40. The van der Waals surface area contributed by atoms with E-state index >= 15 is 0 Å². The Bertz CT molecular complexity index is 1210. The average molecular weight is 1010 g/mol. The van der Waals surface area contributed by atoms with Gasteiger partial charge >= 0.3 is 17.9 Å². The minimum Gasteiger partial charge on any atom is -0.477 e. The summed E-state index contributed by atoms with van der Waals surface area (Å²) in [6.07, 6.45) is 61.5. The summed E-state index contributed by atoms with van der Waals surface area (Å²) in [5, 5.41) is 9.68. The van der Waals surface area contributed by atoms with Crippen LogP contribution in [0.25, 0.3) is 0 Å². The maximum atomic E-state index is 12.9. The molecule has 0 rings (SSSR count). The van der Waals surface area contributed by atoms with Crippen molar-refractivity contribution in [2.24, 2.45) is 0 Å². The molecule has 418 valence electrons. The van der Waals surface area contributed by atoms with Gasteiger partial charge in [0.05, 0.1) is 34.4 Å². The molecule has 0 aliphatic rings. The highest BCUT2D eigenvalue weighted by atomic mass is 16.7. The molecule has 1 N–H and O–H groups in total. The van der Waals surface area contributed by atoms with E-state index < -0.39 is 18.4 Å². The molecule has 0 fully saturated rings. The Kier molecular flexibility index (Phi) is 52.3. The van der Waals surface area contributed by atoms with Crippen molar-refractivity contribution in [2.75, 3.05) is 47.5 Å². The van der Waals surface area contributed by atoms with Gasteiger partial charge in [-0.1, -0.05) is 263 Å². The molecule has 0 spiro atoms. The molecule has 9 heteroatoms. The minimum atomic E-state index is -1.50. The molecule has 0 saturated carbocycles. The monoisotopic (exact) mass is 1000 g/mol. The highest BCUT2D eigenvalue weighted by Crippen LogP contribution is 2.18. The van der Waals surface area contributed by atoms with Crippen LogP contribution < -0.4 is 0 Å². The van der Waals surface area contributed by atoms with Crippen molar-refractivity contribution >= 4 is 17.9 Å². The number of allylic oxidation sites excluding steroid dienone is 4. The van der Waals surface area contributed by atoms with Gasteiger partial charge in [-0.3, -0.25) is 9.59 Å². The number of carboxylic acids is 1. The normalized spacial score (nSPS) is 12.9. The third-order valence-corrected chi connectivity index (χ3v) is 13.7. The number of likely N-dealkylation sites (N-methyl/N-ethyl adjacent to an activating group) is 1. The van der Waals surface area contributed by atoms with Gasteiger partial charge in [0.25, 0.3) is 6.29 Å². The Morgan fingerprint density at radius 3 is 1.11 bits per heavy atom. The Hall–Kier alpha value is -2.23. The maximum Gasteiger partial charge on any atom is 0.361 e. The molecule has 71 heavy (non-hydrogen) atoms. The number of unbranched alkanes of at least 4 members (excludes halogenated alkanes) is 38. The molecule has 0 bridgehead atoms. The molecular weight excluding hydrogens is 887 g/mol. The summed E-state index contributed by atoms with van der Waals surface area (Å²) >= 11 is 0. The number of hydrogen-bond donors (Lipinski definition) is 1. The van der Waals surface area contributed by atoms with Crippen LogP contribution in [0.2, 0.25) is 0 Å². The summed E-state index contributed by atoms with van der Waals surface area (Å²) in [5.41, 5.74) is 0. The molecule has 9 nitrogen and oxygen atoms in total. The van der Waals surface area contributed by atoms with E-state index in [1.807, 2.05) is 21.1 Å². The summed E-state index contributed by atoms with van der Waals surface area (Å²) in [6.45, 7) is 4.90. The van der Waals surface area contributed by atoms with Crippen LogP contribution in [0.3, 0.4) is 0 Å². The molecule has 0 aromatic heterocycles. The van der Waals surface area contributed by atoms with Crippen molar-refractivity contribution in [3.63, 3.8) is 0 Å². The molecule has 0 aromatic rings. The molecule has 0 radical (unpaired) electrons. The smallest absolute Gasteiger partial charge is 0.361 e. The van der Waals surface area contributed by atoms with Crippen molar-refractivity contribution in [3.8, 4) is 0 Å². The van der Waals surface area contributed by atoms with Gasteiger partial charge in [0.15, 0.2) is 6.10 Å². The number of nitrogens with zero attached hydrogens (tertiary/aromatic N) is 1. The van der Waals surface area contributed by atoms with Crippen LogP contribution in [-0.2, 0) is 33.3 Å². The number of ether oxygens (including phenoxy) is 4. The van der Waals surface area contributed by atoms with Gasteiger partial charge in [-0.2, -0.15) is 0 Å². The molecule has 0 aliphatic heterocycles. The second kappa shape index (κ2) is 54.0. The molecule has 0 saturated heterocycles. The Morgan fingerprint density at radius 2 is 0.761 bits per heavy atom. The van der Waals surface area contributed by atoms with E-state index in [1.165, 1.54) is 225 Å². The van der Waals surface area contributed by atoms with Crippen molar-refractivity contribution in [2.45, 2.75) is 309 Å². The predicted octanol–water partition coefficient (Wildman–Crippen LogP) is 17.9. The summed E-state index contributed by atoms with van der Waals surface area (Å²) < 4.78 is 22.8. The van der Waals surface area contributed by atoms with Crippen LogP contribution >= 0.6 is 0 Å². The number of hydrogen-bond acceptors (Lipinski definition) is 7. The van der Waals surface area contributed by atoms with Crippen LogP contribution in [0.4, 0.5) is 0 Å². The van der Waals surface area contributed by atoms with Crippen LogP contribution in [0, 0.1) is 0 Å². The first kappa shape index (κ1) is 68.8. The molecular formula is C62H118NO8+. The topological polar surface area (TPSA) is 108 Å². The molecule has 0 heterocycles. The lowest BCUT2D eigenvalue weighted by molar-refractivity contribution is -0.870. The van der Waals surface area contributed by atoms with E-state index in [2.05, 4.69) is 38.2 Å². The van der Waals surface area contributed by atoms with Gasteiger partial charge in [0.1, 0.15) is 13.2 Å². The fraction of sp³-hybridized carbons (Fsp3) is 0.887. The van der Waals surface area contributed by atoms with E-state index in [0.29, 0.717) is 17.4 Å². The number of carbonyl (C=O) groups excluding carboxylic acids is 2. The van der Waals surface area contributed by atoms with Gasteiger partial charge in [-0.05, 0) is 44.9 Å². The summed E-state index contributed by atoms with van der Waals surface area (Å²) in [4.78, 5) is 37.3. The van der Waals surface area contributed by atoms with Crippen molar-refractivity contribution in [1.82, 2.24) is 0 Å². The lowest BCUT2D eigenvalue weighted by atomic mass is 10.0. The third-order valence-electron chi connectivity index (χ3n) is 13.7. The first-order valence-corrected chi connectivity index (χ1v) is 30.5. The highest BCUT2D eigenvalue weighted by Gasteiger charge is 2.25. The average Bonchev–Trinajstić information content (AvgIpc) is 3.34. The van der Waals surface area contributed by atoms with Gasteiger partial charge in [0, 0.05) is 12.8 Å². The summed E-state index contributed by atoms with van der Waals surface area (Å²) in [7, 11) is 5.97. The van der Waals surface area contributed by atoms with Gasteiger partial charge in [0.2, 0.25) is 0 Å². The number of carbonyl (C=O) groups is 3. The van der Waals surface area contributed by atoms with Crippen LogP contribution in [-0.4, -0.2) is 87.4 Å². The minimum absolute atomic E-state index is 0.175. The molecule has 0 aromatic carbocycles. The zero-order valence-electron chi connectivity index (χ0n) is 47.7. The first-order chi connectivity index (χ1) is 34.6. The van der Waals surface area contributed by atoms with Crippen LogP contribution in [0.1, 0.15) is 296 Å². The summed E-state index contributed by atoms with van der Waals surface area (Å²) in [5.74, 6) is -1.98. The lowest BCUT2D eigenvalue weighted by Gasteiger charge is -2.25. The van der Waals surface area contributed by atoms with E-state index in [0.717, 1.165) is 44.9 Å². The van der Waals surface area contributed by atoms with Crippen LogP contribution in [0.5, 0.6) is 0 Å². The fourth-order valence-electron chi connectivity index (χ4n) is 8.99. The van der Waals surface area contributed by atoms with E-state index in [-0.39, 0.29) is 38.2 Å².